The number of pyridine rings is 1. The molecule has 0 spiro atoms. The Morgan fingerprint density at radius 1 is 1.22 bits per heavy atom. The number of thioether (sulfide) groups is 1. The summed E-state index contributed by atoms with van der Waals surface area (Å²) < 4.78 is 32.0. The van der Waals surface area contributed by atoms with Gasteiger partial charge in [0.05, 0.1) is 18.4 Å². The van der Waals surface area contributed by atoms with Crippen molar-refractivity contribution in [3.63, 3.8) is 0 Å². The minimum absolute atomic E-state index is 0.232. The number of benzene rings is 2. The number of hydrogen-bond acceptors (Lipinski definition) is 6. The number of thiocarbonyl (C=S) groups is 1. The van der Waals surface area contributed by atoms with Gasteiger partial charge in [0.25, 0.3) is 12.3 Å². The van der Waals surface area contributed by atoms with Gasteiger partial charge in [-0.1, -0.05) is 24.3 Å². The summed E-state index contributed by atoms with van der Waals surface area (Å²) in [6.45, 7) is 3.52. The van der Waals surface area contributed by atoms with Crippen molar-refractivity contribution >= 4 is 46.8 Å². The van der Waals surface area contributed by atoms with Gasteiger partial charge >= 0.3 is 0 Å². The van der Waals surface area contributed by atoms with E-state index >= 15 is 0 Å². The minimum atomic E-state index is -2.74. The Kier molecular flexibility index (Phi) is 7.86. The van der Waals surface area contributed by atoms with Crippen LogP contribution in [0.3, 0.4) is 0 Å². The van der Waals surface area contributed by atoms with Crippen molar-refractivity contribution in [1.82, 2.24) is 10.3 Å². The first-order valence-electron chi connectivity index (χ1n) is 11.2. The third-order valence-electron chi connectivity index (χ3n) is 5.75. The van der Waals surface area contributed by atoms with E-state index in [2.05, 4.69) is 16.4 Å². The monoisotopic (exact) mass is 536 g/mol. The minimum Gasteiger partial charge on any atom is -0.496 e. The molecule has 1 fully saturated rings. The number of aromatic nitrogens is 1. The summed E-state index contributed by atoms with van der Waals surface area (Å²) in [7, 11) is 1.53. The van der Waals surface area contributed by atoms with E-state index in [1.165, 1.54) is 29.8 Å². The predicted molar refractivity (Wildman–Crippen MR) is 144 cm³/mol. The van der Waals surface area contributed by atoms with Crippen LogP contribution in [0.15, 0.2) is 59.3 Å². The molecule has 4 rings (SSSR count). The molecule has 0 unspecified atom stereocenters. The number of halogens is 2. The smallest absolute Gasteiger partial charge is 0.281 e. The maximum atomic E-state index is 13.3. The van der Waals surface area contributed by atoms with Gasteiger partial charge < -0.3 is 10.1 Å². The molecule has 10 heteroatoms. The molecule has 1 N–H and O–H groups in total. The molecule has 0 aliphatic carbocycles. The summed E-state index contributed by atoms with van der Waals surface area (Å²) in [5.41, 5.74) is 3.75. The summed E-state index contributed by atoms with van der Waals surface area (Å²) in [6.07, 6.45) is -1.04. The fourth-order valence-electron chi connectivity index (χ4n) is 3.90. The number of carbonyl (C=O) groups excluding carboxylic acids is 1. The highest BCUT2D eigenvalue weighted by atomic mass is 32.2. The molecule has 2 aromatic carbocycles. The average Bonchev–Trinajstić information content (AvgIpc) is 3.15. The van der Waals surface area contributed by atoms with E-state index < -0.39 is 6.43 Å². The van der Waals surface area contributed by atoms with Gasteiger partial charge in [-0.3, -0.25) is 9.69 Å². The van der Waals surface area contributed by atoms with Crippen LogP contribution in [0.4, 0.5) is 14.5 Å². The number of rotatable bonds is 7. The number of nitriles is 1. The molecule has 1 aliphatic rings. The van der Waals surface area contributed by atoms with Gasteiger partial charge in [0, 0.05) is 11.3 Å². The van der Waals surface area contributed by atoms with Gasteiger partial charge in [-0.25, -0.2) is 13.8 Å². The lowest BCUT2D eigenvalue weighted by Gasteiger charge is -2.16. The van der Waals surface area contributed by atoms with Crippen LogP contribution in [0.25, 0.3) is 6.08 Å². The first-order chi connectivity index (χ1) is 17.7. The molecular formula is C27H22F2N4O2S2. The van der Waals surface area contributed by atoms with Crippen molar-refractivity contribution < 1.29 is 18.3 Å². The molecular weight excluding hydrogens is 514 g/mol. The Morgan fingerprint density at radius 2 is 1.97 bits per heavy atom. The first kappa shape index (κ1) is 26.3. The van der Waals surface area contributed by atoms with E-state index in [0.29, 0.717) is 39.1 Å². The van der Waals surface area contributed by atoms with Gasteiger partial charge in [-0.2, -0.15) is 5.26 Å². The van der Waals surface area contributed by atoms with Crippen LogP contribution >= 0.6 is 24.0 Å². The third-order valence-corrected chi connectivity index (χ3v) is 7.06. The number of nitrogens with zero attached hydrogens (tertiary/aromatic N) is 3. The van der Waals surface area contributed by atoms with Crippen molar-refractivity contribution in [1.29, 1.82) is 5.26 Å². The number of hydrogen-bond donors (Lipinski definition) is 1. The van der Waals surface area contributed by atoms with Crippen molar-refractivity contribution in [2.75, 3.05) is 12.0 Å². The van der Waals surface area contributed by atoms with Crippen LogP contribution in [0.2, 0.25) is 0 Å². The standard InChI is InChI=1S/C27H22F2N4O2S2/c1-15-6-4-5-7-22(15)33-26(34)21(32-27(33)36)12-17-8-9-23(35-3)18(11-17)14-37-25-19(13-30)16(2)10-20(31-25)24(28)29/h4-12,24H,14H2,1-3H3,(H,32,36). The molecule has 188 valence electrons. The molecule has 1 amide bonds. The summed E-state index contributed by atoms with van der Waals surface area (Å²) in [6, 6.07) is 16.2. The Morgan fingerprint density at radius 3 is 2.65 bits per heavy atom. The topological polar surface area (TPSA) is 78.2 Å². The van der Waals surface area contributed by atoms with E-state index in [0.717, 1.165) is 11.1 Å². The molecule has 0 atom stereocenters. The van der Waals surface area contributed by atoms with Crippen molar-refractivity contribution in [3.8, 4) is 11.8 Å². The summed E-state index contributed by atoms with van der Waals surface area (Å²) in [5.74, 6) is 0.620. The number of ether oxygens (including phenoxy) is 1. The van der Waals surface area contributed by atoms with Gasteiger partial charge in [-0.05, 0) is 73.1 Å². The van der Waals surface area contributed by atoms with E-state index in [1.54, 1.807) is 25.1 Å². The predicted octanol–water partition coefficient (Wildman–Crippen LogP) is 6.07. The lowest BCUT2D eigenvalue weighted by Crippen LogP contribution is -2.30. The normalized spacial score (nSPS) is 14.3. The molecule has 6 nitrogen and oxygen atoms in total. The Labute approximate surface area is 223 Å². The molecule has 37 heavy (non-hydrogen) atoms. The number of carbonyl (C=O) groups is 1. The fraction of sp³-hybridized carbons (Fsp3) is 0.185. The lowest BCUT2D eigenvalue weighted by atomic mass is 10.1. The quantitative estimate of drug-likeness (QED) is 0.223. The number of methoxy groups -OCH3 is 1. The molecule has 2 heterocycles. The van der Waals surface area contributed by atoms with Crippen molar-refractivity contribution in [3.05, 3.63) is 87.7 Å². The molecule has 0 radical (unpaired) electrons. The van der Waals surface area contributed by atoms with E-state index in [4.69, 9.17) is 17.0 Å². The summed E-state index contributed by atoms with van der Waals surface area (Å²) in [4.78, 5) is 18.6. The first-order valence-corrected chi connectivity index (χ1v) is 12.5. The zero-order valence-corrected chi connectivity index (χ0v) is 21.8. The number of alkyl halides is 2. The van der Waals surface area contributed by atoms with Crippen molar-refractivity contribution in [2.45, 2.75) is 31.1 Å². The second-order valence-electron chi connectivity index (χ2n) is 8.23. The molecule has 1 aliphatic heterocycles. The Hall–Kier alpha value is -3.81. The molecule has 1 saturated heterocycles. The second kappa shape index (κ2) is 11.1. The van der Waals surface area contributed by atoms with Gasteiger partial charge in [0.15, 0.2) is 5.11 Å². The average molecular weight is 537 g/mol. The molecule has 3 aromatic rings. The highest BCUT2D eigenvalue weighted by molar-refractivity contribution is 7.98. The Balaban J connectivity index is 1.62. The van der Waals surface area contributed by atoms with Gasteiger partial charge in [-0.15, -0.1) is 11.8 Å². The van der Waals surface area contributed by atoms with Crippen molar-refractivity contribution in [2.24, 2.45) is 0 Å². The number of nitrogens with one attached hydrogen (secondary N) is 1. The van der Waals surface area contributed by atoms with Crippen LogP contribution in [0.1, 0.15) is 39.9 Å². The van der Waals surface area contributed by atoms with Crippen LogP contribution in [-0.4, -0.2) is 23.1 Å². The third kappa shape index (κ3) is 5.48. The largest absolute Gasteiger partial charge is 0.496 e. The number of amides is 1. The number of aryl methyl sites for hydroxylation is 2. The molecule has 0 bridgehead atoms. The second-order valence-corrected chi connectivity index (χ2v) is 9.58. The fourth-order valence-corrected chi connectivity index (χ4v) is 5.23. The SMILES string of the molecule is COc1ccc(C=C2NC(=S)N(c3ccccc3C)C2=O)cc1CSc1nc(C(F)F)cc(C)c1C#N. The maximum absolute atomic E-state index is 13.3. The summed E-state index contributed by atoms with van der Waals surface area (Å²) >= 11 is 6.59. The van der Waals surface area contributed by atoms with Crippen LogP contribution in [-0.2, 0) is 10.5 Å². The zero-order valence-electron chi connectivity index (χ0n) is 20.2. The van der Waals surface area contributed by atoms with Crippen LogP contribution < -0.4 is 15.0 Å². The molecule has 0 saturated carbocycles. The Bertz CT molecular complexity index is 1470. The highest BCUT2D eigenvalue weighted by Gasteiger charge is 2.32. The lowest BCUT2D eigenvalue weighted by molar-refractivity contribution is -0.113. The zero-order chi connectivity index (χ0) is 26.7. The molecule has 1 aromatic heterocycles. The van der Waals surface area contributed by atoms with Crippen LogP contribution in [0.5, 0.6) is 5.75 Å². The van der Waals surface area contributed by atoms with Gasteiger partial charge in [0.1, 0.15) is 28.2 Å². The summed E-state index contributed by atoms with van der Waals surface area (Å²) in [5, 5.41) is 13.0. The number of para-hydroxylation sites is 1. The maximum Gasteiger partial charge on any atom is 0.281 e. The van der Waals surface area contributed by atoms with Gasteiger partial charge in [0.2, 0.25) is 0 Å². The van der Waals surface area contributed by atoms with Crippen LogP contribution in [0, 0.1) is 25.2 Å². The highest BCUT2D eigenvalue weighted by Crippen LogP contribution is 2.33. The van der Waals surface area contributed by atoms with E-state index in [1.807, 2.05) is 37.3 Å². The van der Waals surface area contributed by atoms with E-state index in [9.17, 15) is 18.8 Å². The van der Waals surface area contributed by atoms with E-state index in [-0.39, 0.29) is 22.2 Å². The number of anilines is 1.